The summed E-state index contributed by atoms with van der Waals surface area (Å²) in [6.45, 7) is 0.683. The second-order valence-corrected chi connectivity index (χ2v) is 3.36. The number of nitriles is 1. The van der Waals surface area contributed by atoms with Crippen LogP contribution in [0.25, 0.3) is 0 Å². The van der Waals surface area contributed by atoms with E-state index in [9.17, 15) is 4.79 Å². The van der Waals surface area contributed by atoms with Gasteiger partial charge < -0.3 is 5.32 Å². The summed E-state index contributed by atoms with van der Waals surface area (Å²) in [5.41, 5.74) is -0.639. The molecule has 1 aliphatic carbocycles. The van der Waals surface area contributed by atoms with Crippen LogP contribution in [-0.2, 0) is 4.79 Å². The highest BCUT2D eigenvalue weighted by Crippen LogP contribution is 2.49. The SMILES string of the molecule is N#C[C@@]1(C2CC2)CCNC1=O. The molecule has 2 fully saturated rings. The third-order valence-electron chi connectivity index (χ3n) is 2.68. The van der Waals surface area contributed by atoms with Gasteiger partial charge in [-0.3, -0.25) is 4.79 Å². The lowest BCUT2D eigenvalue weighted by molar-refractivity contribution is -0.125. The number of nitrogens with one attached hydrogen (secondary N) is 1. The van der Waals surface area contributed by atoms with Crippen molar-refractivity contribution in [2.45, 2.75) is 19.3 Å². The smallest absolute Gasteiger partial charge is 0.240 e. The van der Waals surface area contributed by atoms with Crippen LogP contribution in [0.2, 0.25) is 0 Å². The predicted molar refractivity (Wildman–Crippen MR) is 38.4 cm³/mol. The standard InChI is InChI=1S/C8H10N2O/c9-5-8(6-1-2-6)3-4-10-7(8)11/h6H,1-4H2,(H,10,11)/t8-/m1/s1. The van der Waals surface area contributed by atoms with Gasteiger partial charge in [-0.15, -0.1) is 0 Å². The molecule has 1 amide bonds. The van der Waals surface area contributed by atoms with Gasteiger partial charge in [0.1, 0.15) is 5.41 Å². The molecule has 1 atom stereocenters. The first-order chi connectivity index (χ1) is 5.29. The topological polar surface area (TPSA) is 52.9 Å². The van der Waals surface area contributed by atoms with Crippen LogP contribution in [0.3, 0.4) is 0 Å². The minimum atomic E-state index is -0.639. The molecule has 0 aromatic heterocycles. The summed E-state index contributed by atoms with van der Waals surface area (Å²) in [7, 11) is 0. The molecule has 2 rings (SSSR count). The summed E-state index contributed by atoms with van der Waals surface area (Å²) in [6, 6.07) is 2.18. The minimum absolute atomic E-state index is 0.0394. The molecule has 0 spiro atoms. The van der Waals surface area contributed by atoms with Crippen molar-refractivity contribution in [3.05, 3.63) is 0 Å². The zero-order valence-electron chi connectivity index (χ0n) is 6.26. The van der Waals surface area contributed by atoms with Gasteiger partial charge in [-0.25, -0.2) is 0 Å². The van der Waals surface area contributed by atoms with Crippen LogP contribution in [-0.4, -0.2) is 12.5 Å². The molecule has 0 aromatic rings. The Bertz CT molecular complexity index is 239. The van der Waals surface area contributed by atoms with Gasteiger partial charge in [0.25, 0.3) is 0 Å². The quantitative estimate of drug-likeness (QED) is 0.589. The predicted octanol–water partition coefficient (Wildman–Crippen LogP) is 0.426. The van der Waals surface area contributed by atoms with Crippen molar-refractivity contribution in [2.24, 2.45) is 11.3 Å². The highest BCUT2D eigenvalue weighted by molar-refractivity contribution is 5.88. The van der Waals surface area contributed by atoms with E-state index in [0.29, 0.717) is 18.9 Å². The monoisotopic (exact) mass is 150 g/mol. The first kappa shape index (κ1) is 6.66. The fourth-order valence-electron chi connectivity index (χ4n) is 1.81. The normalized spacial score (nSPS) is 36.5. The van der Waals surface area contributed by atoms with Crippen molar-refractivity contribution in [1.82, 2.24) is 5.32 Å². The van der Waals surface area contributed by atoms with E-state index < -0.39 is 5.41 Å². The summed E-state index contributed by atoms with van der Waals surface area (Å²) in [5.74, 6) is 0.317. The van der Waals surface area contributed by atoms with Crippen LogP contribution >= 0.6 is 0 Å². The van der Waals surface area contributed by atoms with Crippen molar-refractivity contribution in [3.63, 3.8) is 0 Å². The number of rotatable bonds is 1. The maximum atomic E-state index is 11.3. The summed E-state index contributed by atoms with van der Waals surface area (Å²) in [6.07, 6.45) is 2.83. The molecule has 0 radical (unpaired) electrons. The van der Waals surface area contributed by atoms with E-state index in [2.05, 4.69) is 11.4 Å². The molecular weight excluding hydrogens is 140 g/mol. The van der Waals surface area contributed by atoms with Crippen molar-refractivity contribution < 1.29 is 4.79 Å². The largest absolute Gasteiger partial charge is 0.355 e. The van der Waals surface area contributed by atoms with Gasteiger partial charge in [0.2, 0.25) is 5.91 Å². The molecule has 58 valence electrons. The highest BCUT2D eigenvalue weighted by Gasteiger charge is 2.53. The fraction of sp³-hybridized carbons (Fsp3) is 0.750. The minimum Gasteiger partial charge on any atom is -0.355 e. The molecule has 1 heterocycles. The highest BCUT2D eigenvalue weighted by atomic mass is 16.2. The number of nitrogens with zero attached hydrogens (tertiary/aromatic N) is 1. The number of hydrogen-bond donors (Lipinski definition) is 1. The van der Waals surface area contributed by atoms with E-state index in [-0.39, 0.29) is 5.91 Å². The molecule has 2 aliphatic rings. The van der Waals surface area contributed by atoms with Gasteiger partial charge in [0.15, 0.2) is 0 Å². The number of amides is 1. The zero-order chi connectivity index (χ0) is 7.90. The summed E-state index contributed by atoms with van der Waals surface area (Å²) >= 11 is 0. The van der Waals surface area contributed by atoms with Crippen LogP contribution in [0.5, 0.6) is 0 Å². The molecule has 0 aromatic carbocycles. The molecule has 0 unspecified atom stereocenters. The Balaban J connectivity index is 2.28. The zero-order valence-corrected chi connectivity index (χ0v) is 6.26. The Labute approximate surface area is 65.4 Å². The van der Waals surface area contributed by atoms with Crippen LogP contribution in [0.1, 0.15) is 19.3 Å². The van der Waals surface area contributed by atoms with E-state index in [1.807, 2.05) is 0 Å². The van der Waals surface area contributed by atoms with Gasteiger partial charge in [-0.2, -0.15) is 5.26 Å². The number of carbonyl (C=O) groups is 1. The lowest BCUT2D eigenvalue weighted by atomic mass is 9.83. The summed E-state index contributed by atoms with van der Waals surface area (Å²) < 4.78 is 0. The molecule has 3 heteroatoms. The van der Waals surface area contributed by atoms with Crippen LogP contribution in [0, 0.1) is 22.7 Å². The fourth-order valence-corrected chi connectivity index (χ4v) is 1.81. The average Bonchev–Trinajstić information content (AvgIpc) is 2.78. The van der Waals surface area contributed by atoms with Gasteiger partial charge in [-0.1, -0.05) is 0 Å². The molecule has 0 bridgehead atoms. The van der Waals surface area contributed by atoms with Crippen LogP contribution in [0.15, 0.2) is 0 Å². The molecule has 1 aliphatic heterocycles. The van der Waals surface area contributed by atoms with Crippen LogP contribution in [0.4, 0.5) is 0 Å². The maximum absolute atomic E-state index is 11.3. The van der Waals surface area contributed by atoms with E-state index in [0.717, 1.165) is 12.8 Å². The molecule has 1 N–H and O–H groups in total. The van der Waals surface area contributed by atoms with Gasteiger partial charge in [-0.05, 0) is 25.2 Å². The van der Waals surface area contributed by atoms with Gasteiger partial charge in [0, 0.05) is 6.54 Å². The van der Waals surface area contributed by atoms with Crippen molar-refractivity contribution in [2.75, 3.05) is 6.54 Å². The Hall–Kier alpha value is -1.04. The van der Waals surface area contributed by atoms with E-state index in [1.54, 1.807) is 0 Å². The third-order valence-corrected chi connectivity index (χ3v) is 2.68. The summed E-state index contributed by atoms with van der Waals surface area (Å²) in [5, 5.41) is 11.6. The molecule has 3 nitrogen and oxygen atoms in total. The third kappa shape index (κ3) is 0.756. The van der Waals surface area contributed by atoms with Crippen molar-refractivity contribution in [1.29, 1.82) is 5.26 Å². The molecule has 1 saturated carbocycles. The van der Waals surface area contributed by atoms with Crippen molar-refractivity contribution in [3.8, 4) is 6.07 Å². The second-order valence-electron chi connectivity index (χ2n) is 3.36. The number of carbonyl (C=O) groups excluding carboxylic acids is 1. The average molecular weight is 150 g/mol. The van der Waals surface area contributed by atoms with Gasteiger partial charge in [0.05, 0.1) is 6.07 Å². The first-order valence-corrected chi connectivity index (χ1v) is 3.99. The Morgan fingerprint density at radius 3 is 2.73 bits per heavy atom. The van der Waals surface area contributed by atoms with Gasteiger partial charge >= 0.3 is 0 Å². The van der Waals surface area contributed by atoms with Crippen LogP contribution < -0.4 is 5.32 Å². The molecular formula is C8H10N2O. The molecule has 1 saturated heterocycles. The lowest BCUT2D eigenvalue weighted by Crippen LogP contribution is -2.31. The Morgan fingerprint density at radius 2 is 2.36 bits per heavy atom. The Kier molecular flexibility index (Phi) is 1.19. The van der Waals surface area contributed by atoms with E-state index >= 15 is 0 Å². The maximum Gasteiger partial charge on any atom is 0.240 e. The van der Waals surface area contributed by atoms with E-state index in [4.69, 9.17) is 5.26 Å². The van der Waals surface area contributed by atoms with Crippen molar-refractivity contribution >= 4 is 5.91 Å². The summed E-state index contributed by atoms with van der Waals surface area (Å²) in [4.78, 5) is 11.3. The Morgan fingerprint density at radius 1 is 1.64 bits per heavy atom. The number of hydrogen-bond acceptors (Lipinski definition) is 2. The van der Waals surface area contributed by atoms with E-state index in [1.165, 1.54) is 0 Å². The first-order valence-electron chi connectivity index (χ1n) is 3.99. The second kappa shape index (κ2) is 1.97. The molecule has 11 heavy (non-hydrogen) atoms. The lowest BCUT2D eigenvalue weighted by Gasteiger charge is -2.14.